The van der Waals surface area contributed by atoms with Gasteiger partial charge in [0.1, 0.15) is 6.04 Å². The molecule has 1 fully saturated rings. The number of amides is 1. The molecule has 19 heavy (non-hydrogen) atoms. The van der Waals surface area contributed by atoms with Gasteiger partial charge in [0.15, 0.2) is 0 Å². The molecule has 0 spiro atoms. The highest BCUT2D eigenvalue weighted by atomic mass is 16.4. The summed E-state index contributed by atoms with van der Waals surface area (Å²) in [7, 11) is 0. The Morgan fingerprint density at radius 1 is 1.26 bits per heavy atom. The predicted molar refractivity (Wildman–Crippen MR) is 67.6 cm³/mol. The van der Waals surface area contributed by atoms with Crippen LogP contribution in [-0.4, -0.2) is 45.5 Å². The van der Waals surface area contributed by atoms with Gasteiger partial charge >= 0.3 is 11.9 Å². The summed E-state index contributed by atoms with van der Waals surface area (Å²) in [6.45, 7) is 1.93. The fourth-order valence-electron chi connectivity index (χ4n) is 2.01. The van der Waals surface area contributed by atoms with Gasteiger partial charge in [0.25, 0.3) is 0 Å². The number of rotatable bonds is 9. The van der Waals surface area contributed by atoms with Crippen LogP contribution in [-0.2, 0) is 14.4 Å². The molecule has 0 bridgehead atoms. The molecule has 1 aliphatic rings. The molecule has 6 nitrogen and oxygen atoms in total. The third kappa shape index (κ3) is 4.89. The van der Waals surface area contributed by atoms with Crippen LogP contribution in [0.2, 0.25) is 0 Å². The first-order chi connectivity index (χ1) is 8.97. The zero-order chi connectivity index (χ0) is 14.4. The summed E-state index contributed by atoms with van der Waals surface area (Å²) in [5, 5.41) is 18.0. The first kappa shape index (κ1) is 15.5. The molecule has 1 atom stereocenters. The van der Waals surface area contributed by atoms with E-state index in [2.05, 4.69) is 0 Å². The minimum absolute atomic E-state index is 0.0225. The zero-order valence-corrected chi connectivity index (χ0v) is 11.2. The molecule has 0 aromatic heterocycles. The average Bonchev–Trinajstić information content (AvgIpc) is 3.15. The number of hydrogen-bond donors (Lipinski definition) is 2. The van der Waals surface area contributed by atoms with E-state index in [1.54, 1.807) is 0 Å². The van der Waals surface area contributed by atoms with Crippen molar-refractivity contribution in [2.45, 2.75) is 51.5 Å². The van der Waals surface area contributed by atoms with Crippen molar-refractivity contribution in [1.82, 2.24) is 4.90 Å². The Kier molecular flexibility index (Phi) is 5.79. The maximum atomic E-state index is 12.1. The summed E-state index contributed by atoms with van der Waals surface area (Å²) in [6, 6.07) is -0.896. The van der Waals surface area contributed by atoms with Gasteiger partial charge in [0, 0.05) is 12.5 Å². The second-order valence-electron chi connectivity index (χ2n) is 4.95. The summed E-state index contributed by atoms with van der Waals surface area (Å²) in [5.74, 6) is -2.37. The molecule has 1 amide bonds. The van der Waals surface area contributed by atoms with Crippen LogP contribution >= 0.6 is 0 Å². The van der Waals surface area contributed by atoms with Crippen LogP contribution in [0.1, 0.15) is 45.4 Å². The van der Waals surface area contributed by atoms with Gasteiger partial charge in [0.2, 0.25) is 5.91 Å². The van der Waals surface area contributed by atoms with Crippen LogP contribution in [0.3, 0.4) is 0 Å². The predicted octanol–water partition coefficient (Wildman–Crippen LogP) is 1.34. The van der Waals surface area contributed by atoms with Crippen molar-refractivity contribution < 1.29 is 24.6 Å². The second-order valence-corrected chi connectivity index (χ2v) is 4.95. The van der Waals surface area contributed by atoms with E-state index < -0.39 is 18.0 Å². The van der Waals surface area contributed by atoms with E-state index in [0.29, 0.717) is 12.8 Å². The van der Waals surface area contributed by atoms with Gasteiger partial charge in [-0.2, -0.15) is 0 Å². The fraction of sp³-hybridized carbons (Fsp3) is 0.769. The Labute approximate surface area is 112 Å². The van der Waals surface area contributed by atoms with Crippen LogP contribution in [0, 0.1) is 5.92 Å². The van der Waals surface area contributed by atoms with Crippen LogP contribution in [0.4, 0.5) is 0 Å². The van der Waals surface area contributed by atoms with E-state index in [1.807, 2.05) is 6.92 Å². The highest BCUT2D eigenvalue weighted by molar-refractivity contribution is 5.86. The maximum Gasteiger partial charge on any atom is 0.326 e. The van der Waals surface area contributed by atoms with Crippen LogP contribution in [0.5, 0.6) is 0 Å². The SMILES string of the molecule is CCCCC(C(=O)O)N(CCC(=O)O)C(=O)C1CC1. The van der Waals surface area contributed by atoms with Gasteiger partial charge in [-0.3, -0.25) is 9.59 Å². The number of carboxylic acid groups (broad SMARTS) is 2. The molecule has 0 aromatic carbocycles. The van der Waals surface area contributed by atoms with E-state index in [1.165, 1.54) is 4.90 Å². The molecule has 1 aliphatic carbocycles. The number of hydrogen-bond acceptors (Lipinski definition) is 3. The molecule has 0 heterocycles. The lowest BCUT2D eigenvalue weighted by Gasteiger charge is -2.28. The van der Waals surface area contributed by atoms with E-state index in [9.17, 15) is 19.5 Å². The quantitative estimate of drug-likeness (QED) is 0.660. The Morgan fingerprint density at radius 3 is 2.32 bits per heavy atom. The first-order valence-electron chi connectivity index (χ1n) is 6.72. The maximum absolute atomic E-state index is 12.1. The molecule has 0 radical (unpaired) electrons. The number of aliphatic carboxylic acids is 2. The van der Waals surface area contributed by atoms with Gasteiger partial charge in [0.05, 0.1) is 6.42 Å². The molecule has 108 valence electrons. The molecule has 1 rings (SSSR count). The summed E-state index contributed by atoms with van der Waals surface area (Å²) in [4.78, 5) is 35.3. The standard InChI is InChI=1S/C13H21NO5/c1-2-3-4-10(13(18)19)14(8-7-11(15)16)12(17)9-5-6-9/h9-10H,2-8H2,1H3,(H,15,16)(H,18,19). The largest absolute Gasteiger partial charge is 0.481 e. The Balaban J connectivity index is 2.74. The molecule has 0 saturated heterocycles. The molecule has 0 aliphatic heterocycles. The topological polar surface area (TPSA) is 94.9 Å². The average molecular weight is 271 g/mol. The Hall–Kier alpha value is -1.59. The van der Waals surface area contributed by atoms with Crippen molar-refractivity contribution in [2.24, 2.45) is 5.92 Å². The first-order valence-corrected chi connectivity index (χ1v) is 6.72. The number of carbonyl (C=O) groups excluding carboxylic acids is 1. The third-order valence-corrected chi connectivity index (χ3v) is 3.27. The van der Waals surface area contributed by atoms with Crippen molar-refractivity contribution >= 4 is 17.8 Å². The highest BCUT2D eigenvalue weighted by Crippen LogP contribution is 2.32. The smallest absolute Gasteiger partial charge is 0.326 e. The van der Waals surface area contributed by atoms with Gasteiger partial charge in [-0.15, -0.1) is 0 Å². The summed E-state index contributed by atoms with van der Waals surface area (Å²) in [6.07, 6.45) is 3.27. The monoisotopic (exact) mass is 271 g/mol. The molecule has 1 unspecified atom stereocenters. The van der Waals surface area contributed by atoms with Gasteiger partial charge in [-0.05, 0) is 19.3 Å². The highest BCUT2D eigenvalue weighted by Gasteiger charge is 2.38. The van der Waals surface area contributed by atoms with Crippen LogP contribution in [0.15, 0.2) is 0 Å². The van der Waals surface area contributed by atoms with E-state index in [0.717, 1.165) is 19.3 Å². The lowest BCUT2D eigenvalue weighted by atomic mass is 10.1. The lowest BCUT2D eigenvalue weighted by molar-refractivity contribution is -0.152. The van der Waals surface area contributed by atoms with Crippen molar-refractivity contribution in [3.8, 4) is 0 Å². The molecule has 0 aromatic rings. The second kappa shape index (κ2) is 7.11. The molecular weight excluding hydrogens is 250 g/mol. The Bertz CT molecular complexity index is 351. The summed E-state index contributed by atoms with van der Waals surface area (Å²) < 4.78 is 0. The van der Waals surface area contributed by atoms with Crippen molar-refractivity contribution in [1.29, 1.82) is 0 Å². The van der Waals surface area contributed by atoms with Gasteiger partial charge < -0.3 is 15.1 Å². The van der Waals surface area contributed by atoms with Crippen molar-refractivity contribution in [3.05, 3.63) is 0 Å². The van der Waals surface area contributed by atoms with Gasteiger partial charge in [-0.25, -0.2) is 4.79 Å². The molecule has 6 heteroatoms. The number of unbranched alkanes of at least 4 members (excludes halogenated alkanes) is 1. The van der Waals surface area contributed by atoms with E-state index >= 15 is 0 Å². The molecular formula is C13H21NO5. The third-order valence-electron chi connectivity index (χ3n) is 3.27. The van der Waals surface area contributed by atoms with E-state index in [-0.39, 0.29) is 24.8 Å². The minimum Gasteiger partial charge on any atom is -0.481 e. The number of carboxylic acids is 2. The number of carbonyl (C=O) groups is 3. The van der Waals surface area contributed by atoms with Crippen LogP contribution < -0.4 is 0 Å². The lowest BCUT2D eigenvalue weighted by Crippen LogP contribution is -2.46. The normalized spacial score (nSPS) is 15.8. The summed E-state index contributed by atoms with van der Waals surface area (Å²) >= 11 is 0. The van der Waals surface area contributed by atoms with E-state index in [4.69, 9.17) is 5.11 Å². The molecule has 1 saturated carbocycles. The van der Waals surface area contributed by atoms with Gasteiger partial charge in [-0.1, -0.05) is 19.8 Å². The van der Waals surface area contributed by atoms with Crippen molar-refractivity contribution in [2.75, 3.05) is 6.54 Å². The minimum atomic E-state index is -1.05. The fourth-order valence-corrected chi connectivity index (χ4v) is 2.01. The number of nitrogens with zero attached hydrogens (tertiary/aromatic N) is 1. The summed E-state index contributed by atoms with van der Waals surface area (Å²) in [5.41, 5.74) is 0. The Morgan fingerprint density at radius 2 is 1.89 bits per heavy atom. The van der Waals surface area contributed by atoms with Crippen molar-refractivity contribution in [3.63, 3.8) is 0 Å². The zero-order valence-electron chi connectivity index (χ0n) is 11.2. The molecule has 2 N–H and O–H groups in total. The van der Waals surface area contributed by atoms with Crippen LogP contribution in [0.25, 0.3) is 0 Å².